The smallest absolute Gasteiger partial charge is 0.206 e. The largest absolute Gasteiger partial charge is 0.337 e. The molecule has 1 saturated carbocycles. The van der Waals surface area contributed by atoms with E-state index in [4.69, 9.17) is 11.3 Å². The fourth-order valence-electron chi connectivity index (χ4n) is 2.79. The molecular formula is C12H27N5. The van der Waals surface area contributed by atoms with Gasteiger partial charge >= 0.3 is 0 Å². The fourth-order valence-corrected chi connectivity index (χ4v) is 2.79. The number of nitrogens with zero attached hydrogens (tertiary/aromatic N) is 2. The van der Waals surface area contributed by atoms with E-state index in [1.807, 2.05) is 0 Å². The van der Waals surface area contributed by atoms with Crippen molar-refractivity contribution in [1.29, 1.82) is 5.41 Å². The Morgan fingerprint density at radius 3 is 2.18 bits per heavy atom. The Balaban J connectivity index is 2.81. The minimum absolute atomic E-state index is 0.0630. The van der Waals surface area contributed by atoms with Crippen LogP contribution in [0, 0.1) is 5.41 Å². The molecule has 0 aromatic carbocycles. The van der Waals surface area contributed by atoms with Crippen LogP contribution in [-0.2, 0) is 0 Å². The van der Waals surface area contributed by atoms with E-state index in [9.17, 15) is 0 Å². The number of nitrogens with one attached hydrogen (secondary N) is 2. The van der Waals surface area contributed by atoms with Crippen LogP contribution in [0.25, 0.3) is 0 Å². The topological polar surface area (TPSA) is 68.4 Å². The van der Waals surface area contributed by atoms with Gasteiger partial charge in [-0.15, -0.1) is 0 Å². The van der Waals surface area contributed by atoms with Crippen LogP contribution in [-0.4, -0.2) is 41.7 Å². The first-order valence-corrected chi connectivity index (χ1v) is 6.66. The molecule has 0 unspecified atom stereocenters. The third-order valence-corrected chi connectivity index (χ3v) is 3.75. The van der Waals surface area contributed by atoms with Crippen molar-refractivity contribution in [3.63, 3.8) is 0 Å². The Morgan fingerprint density at radius 2 is 1.76 bits per heavy atom. The first-order chi connectivity index (χ1) is 8.05. The Bertz CT molecular complexity index is 241. The van der Waals surface area contributed by atoms with Gasteiger partial charge in [-0.1, -0.05) is 20.3 Å². The molecule has 0 aliphatic heterocycles. The second-order valence-electron chi connectivity index (χ2n) is 4.85. The lowest BCUT2D eigenvalue weighted by atomic mass is 9.87. The number of nitrogens with two attached hydrogens (primary N) is 1. The molecule has 1 rings (SSSR count). The second kappa shape index (κ2) is 6.21. The molecule has 0 amide bonds. The van der Waals surface area contributed by atoms with Crippen LogP contribution >= 0.6 is 0 Å². The van der Waals surface area contributed by atoms with E-state index in [1.165, 1.54) is 24.3 Å². The first-order valence-electron chi connectivity index (χ1n) is 6.66. The van der Waals surface area contributed by atoms with Gasteiger partial charge in [0.1, 0.15) is 0 Å². The summed E-state index contributed by atoms with van der Waals surface area (Å²) >= 11 is 0. The maximum absolute atomic E-state index is 7.91. The minimum atomic E-state index is -0.0630. The van der Waals surface area contributed by atoms with Crippen molar-refractivity contribution in [3.8, 4) is 0 Å². The highest BCUT2D eigenvalue weighted by Crippen LogP contribution is 2.31. The van der Waals surface area contributed by atoms with E-state index < -0.39 is 0 Å². The lowest BCUT2D eigenvalue weighted by molar-refractivity contribution is 0.0424. The van der Waals surface area contributed by atoms with Gasteiger partial charge in [-0.25, -0.2) is 5.84 Å². The molecule has 0 atom stereocenters. The highest BCUT2D eigenvalue weighted by atomic mass is 15.5. The molecule has 100 valence electrons. The molecule has 0 saturated heterocycles. The van der Waals surface area contributed by atoms with E-state index in [0.29, 0.717) is 5.96 Å². The summed E-state index contributed by atoms with van der Waals surface area (Å²) in [6.07, 6.45) is 5.96. The van der Waals surface area contributed by atoms with Crippen molar-refractivity contribution >= 4 is 5.96 Å². The van der Waals surface area contributed by atoms with Crippen molar-refractivity contribution < 1.29 is 0 Å². The Morgan fingerprint density at radius 1 is 1.24 bits per heavy atom. The van der Waals surface area contributed by atoms with Crippen LogP contribution in [0.5, 0.6) is 0 Å². The van der Waals surface area contributed by atoms with Crippen LogP contribution in [0.2, 0.25) is 0 Å². The standard InChI is InChI=1S/C12H27N5/c1-4-17(5-2)12(9-7-6-8-10-12)15-11(13)16(3)14/h4-10,14H2,1-3H3,(H2,13,15). The lowest BCUT2D eigenvalue weighted by Crippen LogP contribution is -2.64. The van der Waals surface area contributed by atoms with Gasteiger partial charge in [-0.3, -0.25) is 15.3 Å². The highest BCUT2D eigenvalue weighted by molar-refractivity contribution is 5.76. The predicted molar refractivity (Wildman–Crippen MR) is 71.5 cm³/mol. The SMILES string of the molecule is CCN(CC)C1(NC(=N)N(C)N)CCCCC1. The van der Waals surface area contributed by atoms with Crippen molar-refractivity contribution in [1.82, 2.24) is 15.2 Å². The van der Waals surface area contributed by atoms with Crippen LogP contribution in [0.3, 0.4) is 0 Å². The Labute approximate surface area is 105 Å². The van der Waals surface area contributed by atoms with Gasteiger partial charge in [0.05, 0.1) is 5.66 Å². The summed E-state index contributed by atoms with van der Waals surface area (Å²) in [6.45, 7) is 6.37. The van der Waals surface area contributed by atoms with E-state index >= 15 is 0 Å². The van der Waals surface area contributed by atoms with Gasteiger partial charge in [-0.2, -0.15) is 0 Å². The summed E-state index contributed by atoms with van der Waals surface area (Å²) < 4.78 is 0. The van der Waals surface area contributed by atoms with E-state index in [1.54, 1.807) is 7.05 Å². The van der Waals surface area contributed by atoms with Gasteiger partial charge in [0.15, 0.2) is 0 Å². The molecule has 0 heterocycles. The quantitative estimate of drug-likeness (QED) is 0.228. The summed E-state index contributed by atoms with van der Waals surface area (Å²) in [6, 6.07) is 0. The molecule has 0 spiro atoms. The molecule has 4 N–H and O–H groups in total. The highest BCUT2D eigenvalue weighted by Gasteiger charge is 2.37. The van der Waals surface area contributed by atoms with E-state index in [-0.39, 0.29) is 5.66 Å². The minimum Gasteiger partial charge on any atom is -0.337 e. The molecule has 0 aromatic rings. The maximum Gasteiger partial charge on any atom is 0.206 e. The first kappa shape index (κ1) is 14.3. The molecule has 1 fully saturated rings. The fraction of sp³-hybridized carbons (Fsp3) is 0.917. The van der Waals surface area contributed by atoms with E-state index in [2.05, 4.69) is 24.1 Å². The Kier molecular flexibility index (Phi) is 5.21. The maximum atomic E-state index is 7.91. The van der Waals surface area contributed by atoms with Gasteiger partial charge in [-0.05, 0) is 38.8 Å². The van der Waals surface area contributed by atoms with Gasteiger partial charge in [0.25, 0.3) is 0 Å². The van der Waals surface area contributed by atoms with Gasteiger partial charge in [0, 0.05) is 7.05 Å². The average Bonchev–Trinajstić information content (AvgIpc) is 2.31. The summed E-state index contributed by atoms with van der Waals surface area (Å²) in [7, 11) is 1.70. The van der Waals surface area contributed by atoms with Crippen molar-refractivity contribution in [2.45, 2.75) is 51.6 Å². The lowest BCUT2D eigenvalue weighted by Gasteiger charge is -2.47. The number of hydrazine groups is 1. The third-order valence-electron chi connectivity index (χ3n) is 3.75. The summed E-state index contributed by atoms with van der Waals surface area (Å²) in [5.41, 5.74) is -0.0630. The molecule has 5 heteroatoms. The van der Waals surface area contributed by atoms with Crippen LogP contribution < -0.4 is 11.2 Å². The molecule has 1 aliphatic carbocycles. The Hall–Kier alpha value is -0.810. The molecule has 0 bridgehead atoms. The zero-order valence-corrected chi connectivity index (χ0v) is 11.4. The van der Waals surface area contributed by atoms with E-state index in [0.717, 1.165) is 25.9 Å². The predicted octanol–water partition coefficient (Wildman–Crippen LogP) is 1.32. The number of hydrogen-bond donors (Lipinski definition) is 3. The van der Waals surface area contributed by atoms with Crippen LogP contribution in [0.15, 0.2) is 0 Å². The molecule has 17 heavy (non-hydrogen) atoms. The molecule has 0 aromatic heterocycles. The molecule has 5 nitrogen and oxygen atoms in total. The van der Waals surface area contributed by atoms with Crippen LogP contribution in [0.1, 0.15) is 46.0 Å². The van der Waals surface area contributed by atoms with Crippen LogP contribution in [0.4, 0.5) is 0 Å². The molecular weight excluding hydrogens is 214 g/mol. The van der Waals surface area contributed by atoms with Crippen molar-refractivity contribution in [3.05, 3.63) is 0 Å². The normalized spacial score (nSPS) is 19.1. The summed E-state index contributed by atoms with van der Waals surface area (Å²) in [4.78, 5) is 2.42. The number of guanidine groups is 1. The van der Waals surface area contributed by atoms with Crippen molar-refractivity contribution in [2.24, 2.45) is 5.84 Å². The zero-order chi connectivity index (χ0) is 12.9. The zero-order valence-electron chi connectivity index (χ0n) is 11.4. The van der Waals surface area contributed by atoms with Gasteiger partial charge in [0.2, 0.25) is 5.96 Å². The molecule has 1 aliphatic rings. The number of rotatable bonds is 4. The molecule has 0 radical (unpaired) electrons. The number of hydrogen-bond acceptors (Lipinski definition) is 3. The average molecular weight is 241 g/mol. The monoisotopic (exact) mass is 241 g/mol. The summed E-state index contributed by atoms with van der Waals surface area (Å²) in [5.74, 6) is 5.93. The van der Waals surface area contributed by atoms with Crippen molar-refractivity contribution in [2.75, 3.05) is 20.1 Å². The second-order valence-corrected chi connectivity index (χ2v) is 4.85. The third kappa shape index (κ3) is 3.33. The van der Waals surface area contributed by atoms with Gasteiger partial charge < -0.3 is 5.32 Å². The summed E-state index contributed by atoms with van der Waals surface area (Å²) in [5, 5.41) is 12.6.